The molecule has 0 amide bonds. The molecule has 0 fully saturated rings. The average molecular weight is 380 g/mol. The maximum Gasteiger partial charge on any atom is 0.120 e. The third kappa shape index (κ3) is 2.06. The lowest BCUT2D eigenvalue weighted by Crippen LogP contribution is -1.95. The summed E-state index contributed by atoms with van der Waals surface area (Å²) in [4.78, 5) is 4.88. The van der Waals surface area contributed by atoms with Crippen LogP contribution >= 0.6 is 11.3 Å². The number of rotatable bonds is 2. The first-order valence-corrected chi connectivity index (χ1v) is 10.0. The van der Waals surface area contributed by atoms with Crippen LogP contribution in [0.25, 0.3) is 47.8 Å². The second kappa shape index (κ2) is 5.81. The van der Waals surface area contributed by atoms with Gasteiger partial charge in [-0.1, -0.05) is 42.5 Å². The third-order valence-electron chi connectivity index (χ3n) is 5.34. The highest BCUT2D eigenvalue weighted by atomic mass is 32.1. The molecule has 0 N–H and O–H groups in total. The number of thiophene rings is 1. The number of methoxy groups -OCH3 is 1. The molecule has 0 saturated carbocycles. The zero-order valence-electron chi connectivity index (χ0n) is 15.2. The highest BCUT2D eigenvalue weighted by molar-refractivity contribution is 7.26. The van der Waals surface area contributed by atoms with Gasteiger partial charge in [-0.3, -0.25) is 4.98 Å². The summed E-state index contributed by atoms with van der Waals surface area (Å²) in [5.41, 5.74) is 4.46. The fraction of sp³-hybridized carbons (Fsp3) is 0.0417. The number of hydrogen-bond donors (Lipinski definition) is 0. The first-order chi connectivity index (χ1) is 13.8. The van der Waals surface area contributed by atoms with Crippen LogP contribution in [0.4, 0.5) is 0 Å². The van der Waals surface area contributed by atoms with E-state index < -0.39 is 0 Å². The van der Waals surface area contributed by atoms with Gasteiger partial charge in [0, 0.05) is 32.6 Å². The van der Waals surface area contributed by atoms with Gasteiger partial charge in [0.05, 0.1) is 34.6 Å². The number of hydrogen-bond acceptors (Lipinski definition) is 3. The molecule has 6 aromatic rings. The Labute approximate surface area is 165 Å². The monoisotopic (exact) mass is 380 g/mol. The molecule has 4 heteroatoms. The van der Waals surface area contributed by atoms with Gasteiger partial charge in [-0.25, -0.2) is 0 Å². The fourth-order valence-electron chi connectivity index (χ4n) is 4.10. The van der Waals surface area contributed by atoms with Gasteiger partial charge in [-0.15, -0.1) is 11.3 Å². The zero-order valence-corrected chi connectivity index (χ0v) is 16.0. The van der Waals surface area contributed by atoms with Crippen molar-refractivity contribution in [3.63, 3.8) is 0 Å². The fourth-order valence-corrected chi connectivity index (χ4v) is 5.32. The van der Waals surface area contributed by atoms with Gasteiger partial charge >= 0.3 is 0 Å². The Morgan fingerprint density at radius 3 is 2.57 bits per heavy atom. The Kier molecular flexibility index (Phi) is 3.25. The summed E-state index contributed by atoms with van der Waals surface area (Å²) in [6, 6.07) is 25.3. The van der Waals surface area contributed by atoms with Gasteiger partial charge < -0.3 is 9.30 Å². The minimum absolute atomic E-state index is 0.847. The standard InChI is InChI=1S/C24H16N2OS/c1-27-16-8-6-7-15(13-16)26-19-11-4-2-9-17(19)22-20(26)14-25-23-18-10-3-5-12-21(18)28-24(22)23/h2-14H,1H3. The van der Waals surface area contributed by atoms with E-state index in [1.807, 2.05) is 29.7 Å². The van der Waals surface area contributed by atoms with E-state index in [4.69, 9.17) is 9.72 Å². The van der Waals surface area contributed by atoms with Crippen LogP contribution in [0, 0.1) is 0 Å². The molecule has 0 aliphatic carbocycles. The number of para-hydroxylation sites is 1. The molecule has 0 saturated heterocycles. The summed E-state index contributed by atoms with van der Waals surface area (Å²) in [5.74, 6) is 0.847. The van der Waals surface area contributed by atoms with Crippen LogP contribution in [0.5, 0.6) is 5.75 Å². The quantitative estimate of drug-likeness (QED) is 0.340. The Bertz CT molecular complexity index is 1510. The van der Waals surface area contributed by atoms with Crippen molar-refractivity contribution in [2.45, 2.75) is 0 Å². The number of benzene rings is 3. The molecule has 0 radical (unpaired) electrons. The van der Waals surface area contributed by atoms with Crippen molar-refractivity contribution < 1.29 is 4.74 Å². The van der Waals surface area contributed by atoms with Crippen molar-refractivity contribution in [2.24, 2.45) is 0 Å². The molecule has 3 aromatic heterocycles. The molecular formula is C24H16N2OS. The van der Waals surface area contributed by atoms with Gasteiger partial charge in [0.15, 0.2) is 0 Å². The topological polar surface area (TPSA) is 27.1 Å². The summed E-state index contributed by atoms with van der Waals surface area (Å²) in [6.45, 7) is 0. The summed E-state index contributed by atoms with van der Waals surface area (Å²) >= 11 is 1.82. The predicted molar refractivity (Wildman–Crippen MR) is 118 cm³/mol. The van der Waals surface area contributed by atoms with Crippen molar-refractivity contribution >= 4 is 53.4 Å². The van der Waals surface area contributed by atoms with Crippen LogP contribution in [0.3, 0.4) is 0 Å². The summed E-state index contributed by atoms with van der Waals surface area (Å²) in [6.07, 6.45) is 2.01. The van der Waals surface area contributed by atoms with E-state index in [-0.39, 0.29) is 0 Å². The van der Waals surface area contributed by atoms with Gasteiger partial charge in [0.1, 0.15) is 5.75 Å². The number of fused-ring (bicyclic) bond motifs is 7. The van der Waals surface area contributed by atoms with Crippen LogP contribution in [-0.4, -0.2) is 16.7 Å². The van der Waals surface area contributed by atoms with Crippen molar-refractivity contribution in [3.8, 4) is 11.4 Å². The van der Waals surface area contributed by atoms with Crippen molar-refractivity contribution in [3.05, 3.63) is 79.0 Å². The highest BCUT2D eigenvalue weighted by Crippen LogP contribution is 2.42. The van der Waals surface area contributed by atoms with E-state index in [0.29, 0.717) is 0 Å². The van der Waals surface area contributed by atoms with Crippen LogP contribution in [-0.2, 0) is 0 Å². The Balaban J connectivity index is 1.83. The van der Waals surface area contributed by atoms with E-state index in [9.17, 15) is 0 Å². The zero-order chi connectivity index (χ0) is 18.7. The number of pyridine rings is 1. The van der Waals surface area contributed by atoms with Crippen LogP contribution < -0.4 is 4.74 Å². The van der Waals surface area contributed by atoms with Gasteiger partial charge in [-0.05, 0) is 24.3 Å². The maximum absolute atomic E-state index is 5.46. The summed E-state index contributed by atoms with van der Waals surface area (Å²) < 4.78 is 10.3. The largest absolute Gasteiger partial charge is 0.497 e. The number of nitrogens with zero attached hydrogens (tertiary/aromatic N) is 2. The van der Waals surface area contributed by atoms with Gasteiger partial charge in [0.2, 0.25) is 0 Å². The number of aromatic nitrogens is 2. The first-order valence-electron chi connectivity index (χ1n) is 9.19. The highest BCUT2D eigenvalue weighted by Gasteiger charge is 2.18. The first kappa shape index (κ1) is 15.7. The third-order valence-corrected chi connectivity index (χ3v) is 6.51. The molecule has 0 aliphatic heterocycles. The number of ether oxygens (including phenoxy) is 1. The molecule has 0 spiro atoms. The lowest BCUT2D eigenvalue weighted by molar-refractivity contribution is 0.414. The minimum Gasteiger partial charge on any atom is -0.497 e. The van der Waals surface area contributed by atoms with Gasteiger partial charge in [-0.2, -0.15) is 0 Å². The molecule has 3 aromatic carbocycles. The van der Waals surface area contributed by atoms with E-state index in [1.54, 1.807) is 7.11 Å². The maximum atomic E-state index is 5.46. The Morgan fingerprint density at radius 1 is 0.857 bits per heavy atom. The van der Waals surface area contributed by atoms with Crippen molar-refractivity contribution in [1.82, 2.24) is 9.55 Å². The molecule has 0 aliphatic rings. The molecule has 0 atom stereocenters. The van der Waals surface area contributed by atoms with Crippen LogP contribution in [0.2, 0.25) is 0 Å². The second-order valence-electron chi connectivity index (χ2n) is 6.85. The van der Waals surface area contributed by atoms with Gasteiger partial charge in [0.25, 0.3) is 0 Å². The molecule has 28 heavy (non-hydrogen) atoms. The molecule has 6 rings (SSSR count). The predicted octanol–water partition coefficient (Wildman–Crippen LogP) is 6.56. The van der Waals surface area contributed by atoms with E-state index in [2.05, 4.69) is 65.2 Å². The average Bonchev–Trinajstić information content (AvgIpc) is 3.29. The lowest BCUT2D eigenvalue weighted by Gasteiger charge is -2.09. The SMILES string of the molecule is COc1cccc(-n2c3ccccc3c3c4sc5ccccc5c4ncc32)c1. The smallest absolute Gasteiger partial charge is 0.120 e. The lowest BCUT2D eigenvalue weighted by atomic mass is 10.1. The molecule has 3 heterocycles. The molecular weight excluding hydrogens is 364 g/mol. The van der Waals surface area contributed by atoms with Crippen molar-refractivity contribution in [1.29, 1.82) is 0 Å². The van der Waals surface area contributed by atoms with E-state index in [1.165, 1.54) is 31.1 Å². The molecule has 3 nitrogen and oxygen atoms in total. The van der Waals surface area contributed by atoms with Crippen LogP contribution in [0.1, 0.15) is 0 Å². The van der Waals surface area contributed by atoms with Crippen molar-refractivity contribution in [2.75, 3.05) is 7.11 Å². The summed E-state index contributed by atoms with van der Waals surface area (Å²) in [7, 11) is 1.70. The van der Waals surface area contributed by atoms with Crippen LogP contribution in [0.15, 0.2) is 79.0 Å². The van der Waals surface area contributed by atoms with E-state index in [0.717, 1.165) is 22.5 Å². The summed E-state index contributed by atoms with van der Waals surface area (Å²) in [5, 5.41) is 3.74. The van der Waals surface area contributed by atoms with E-state index >= 15 is 0 Å². The molecule has 134 valence electrons. The second-order valence-corrected chi connectivity index (χ2v) is 7.90. The Hall–Kier alpha value is -3.37. The molecule has 0 unspecified atom stereocenters. The normalized spacial score (nSPS) is 11.8. The Morgan fingerprint density at radius 2 is 1.68 bits per heavy atom. The molecule has 0 bridgehead atoms. The minimum atomic E-state index is 0.847.